The lowest BCUT2D eigenvalue weighted by Crippen LogP contribution is -2.10. The van der Waals surface area contributed by atoms with Crippen molar-refractivity contribution in [2.45, 2.75) is 0 Å². The first-order valence-corrected chi connectivity index (χ1v) is 15.0. The Hall–Kier alpha value is -5.86. The molecule has 0 spiro atoms. The molecule has 8 rings (SSSR count). The van der Waals surface area contributed by atoms with Crippen LogP contribution in [-0.2, 0) is 0 Å². The molecule has 0 saturated carbocycles. The fourth-order valence-corrected chi connectivity index (χ4v) is 6.25. The summed E-state index contributed by atoms with van der Waals surface area (Å²) in [5, 5.41) is 11.1. The maximum absolute atomic E-state index is 3.77. The molecule has 0 aliphatic carbocycles. The van der Waals surface area contributed by atoms with Gasteiger partial charge in [0, 0.05) is 33.2 Å². The molecule has 2 heteroatoms. The Labute approximate surface area is 257 Å². The standard InChI is InChI=1S/C42H30N2/c1-2-11-30(12-3-1)31-21-25-36(26-22-31)44(41-20-10-16-32-13-4-7-17-38(32)41)37-27-23-35(24-28-37)43-42-39-18-8-5-14-33(39)29-34-15-6-9-19-40(34)42/h1-29,43H. The highest BCUT2D eigenvalue weighted by Gasteiger charge is 2.16. The molecule has 0 unspecified atom stereocenters. The van der Waals surface area contributed by atoms with E-state index in [1.54, 1.807) is 0 Å². The van der Waals surface area contributed by atoms with E-state index in [0.717, 1.165) is 28.4 Å². The molecule has 8 aromatic rings. The summed E-state index contributed by atoms with van der Waals surface area (Å²) >= 11 is 0. The van der Waals surface area contributed by atoms with Gasteiger partial charge in [-0.2, -0.15) is 0 Å². The first-order chi connectivity index (χ1) is 21.8. The molecule has 0 bridgehead atoms. The van der Waals surface area contributed by atoms with E-state index < -0.39 is 0 Å². The summed E-state index contributed by atoms with van der Waals surface area (Å²) in [6.45, 7) is 0. The summed E-state index contributed by atoms with van der Waals surface area (Å²) in [6, 6.07) is 62.8. The Morgan fingerprint density at radius 2 is 0.864 bits per heavy atom. The summed E-state index contributed by atoms with van der Waals surface area (Å²) in [5.74, 6) is 0. The van der Waals surface area contributed by atoms with Crippen molar-refractivity contribution in [2.75, 3.05) is 10.2 Å². The molecule has 8 aromatic carbocycles. The highest BCUT2D eigenvalue weighted by Crippen LogP contribution is 2.41. The fraction of sp³-hybridized carbons (Fsp3) is 0. The van der Waals surface area contributed by atoms with Gasteiger partial charge in [0.15, 0.2) is 0 Å². The number of anilines is 5. The van der Waals surface area contributed by atoms with Crippen LogP contribution < -0.4 is 10.2 Å². The van der Waals surface area contributed by atoms with Gasteiger partial charge in [-0.15, -0.1) is 0 Å². The van der Waals surface area contributed by atoms with Gasteiger partial charge in [0.1, 0.15) is 0 Å². The van der Waals surface area contributed by atoms with Gasteiger partial charge in [-0.1, -0.05) is 127 Å². The van der Waals surface area contributed by atoms with Gasteiger partial charge in [0.2, 0.25) is 0 Å². The van der Waals surface area contributed by atoms with Crippen LogP contribution in [0.15, 0.2) is 176 Å². The van der Waals surface area contributed by atoms with E-state index in [-0.39, 0.29) is 0 Å². The van der Waals surface area contributed by atoms with Crippen LogP contribution in [0.3, 0.4) is 0 Å². The maximum Gasteiger partial charge on any atom is 0.0543 e. The summed E-state index contributed by atoms with van der Waals surface area (Å²) in [4.78, 5) is 2.36. The van der Waals surface area contributed by atoms with Crippen molar-refractivity contribution in [3.05, 3.63) is 176 Å². The highest BCUT2D eigenvalue weighted by molar-refractivity contribution is 6.12. The number of rotatable bonds is 6. The Bertz CT molecular complexity index is 2180. The minimum Gasteiger partial charge on any atom is -0.355 e. The van der Waals surface area contributed by atoms with E-state index >= 15 is 0 Å². The second-order valence-electron chi connectivity index (χ2n) is 11.1. The molecule has 0 aliphatic rings. The third-order valence-corrected chi connectivity index (χ3v) is 8.41. The Kier molecular flexibility index (Phi) is 6.51. The van der Waals surface area contributed by atoms with Crippen LogP contribution in [0.5, 0.6) is 0 Å². The Morgan fingerprint density at radius 1 is 0.364 bits per heavy atom. The maximum atomic E-state index is 3.77. The van der Waals surface area contributed by atoms with Gasteiger partial charge in [0.05, 0.1) is 11.4 Å². The molecule has 2 nitrogen and oxygen atoms in total. The topological polar surface area (TPSA) is 15.3 Å². The smallest absolute Gasteiger partial charge is 0.0543 e. The minimum atomic E-state index is 1.05. The molecule has 208 valence electrons. The van der Waals surface area contributed by atoms with Crippen molar-refractivity contribution >= 4 is 60.8 Å². The van der Waals surface area contributed by atoms with Crippen LogP contribution >= 0.6 is 0 Å². The highest BCUT2D eigenvalue weighted by atomic mass is 15.1. The number of fused-ring (bicyclic) bond motifs is 3. The summed E-state index contributed by atoms with van der Waals surface area (Å²) < 4.78 is 0. The number of hydrogen-bond acceptors (Lipinski definition) is 2. The number of nitrogens with one attached hydrogen (secondary N) is 1. The molecule has 0 aliphatic heterocycles. The zero-order valence-electron chi connectivity index (χ0n) is 24.2. The average Bonchev–Trinajstić information content (AvgIpc) is 3.10. The molecule has 0 atom stereocenters. The van der Waals surface area contributed by atoms with Crippen molar-refractivity contribution in [3.63, 3.8) is 0 Å². The van der Waals surface area contributed by atoms with Gasteiger partial charge in [-0.3, -0.25) is 0 Å². The minimum absolute atomic E-state index is 1.05. The monoisotopic (exact) mass is 562 g/mol. The second-order valence-corrected chi connectivity index (χ2v) is 11.1. The van der Waals surface area contributed by atoms with E-state index in [1.165, 1.54) is 43.4 Å². The normalized spacial score (nSPS) is 11.2. The summed E-state index contributed by atoms with van der Waals surface area (Å²) in [7, 11) is 0. The first-order valence-electron chi connectivity index (χ1n) is 15.0. The molecule has 0 amide bonds. The van der Waals surface area contributed by atoms with Gasteiger partial charge in [0.25, 0.3) is 0 Å². The van der Waals surface area contributed by atoms with Crippen molar-refractivity contribution in [2.24, 2.45) is 0 Å². The quantitative estimate of drug-likeness (QED) is 0.203. The van der Waals surface area contributed by atoms with E-state index in [2.05, 4.69) is 186 Å². The first kappa shape index (κ1) is 25.8. The zero-order valence-corrected chi connectivity index (χ0v) is 24.2. The number of nitrogens with zero attached hydrogens (tertiary/aromatic N) is 1. The third kappa shape index (κ3) is 4.73. The molecular formula is C42H30N2. The summed E-state index contributed by atoms with van der Waals surface area (Å²) in [5.41, 5.74) is 7.96. The molecule has 0 fully saturated rings. The predicted molar refractivity (Wildman–Crippen MR) is 189 cm³/mol. The molecular weight excluding hydrogens is 532 g/mol. The zero-order chi connectivity index (χ0) is 29.3. The van der Waals surface area contributed by atoms with Crippen molar-refractivity contribution in [3.8, 4) is 11.1 Å². The summed E-state index contributed by atoms with van der Waals surface area (Å²) in [6.07, 6.45) is 0. The van der Waals surface area contributed by atoms with E-state index in [1.807, 2.05) is 0 Å². The van der Waals surface area contributed by atoms with Crippen LogP contribution in [0.1, 0.15) is 0 Å². The van der Waals surface area contributed by atoms with Crippen molar-refractivity contribution in [1.29, 1.82) is 0 Å². The largest absolute Gasteiger partial charge is 0.355 e. The van der Waals surface area contributed by atoms with Crippen molar-refractivity contribution < 1.29 is 0 Å². The van der Waals surface area contributed by atoms with Gasteiger partial charge >= 0.3 is 0 Å². The molecule has 0 aromatic heterocycles. The molecule has 44 heavy (non-hydrogen) atoms. The average molecular weight is 563 g/mol. The Morgan fingerprint density at radius 3 is 1.52 bits per heavy atom. The third-order valence-electron chi connectivity index (χ3n) is 8.41. The predicted octanol–water partition coefficient (Wildman–Crippen LogP) is 12.0. The fourth-order valence-electron chi connectivity index (χ4n) is 6.25. The lowest BCUT2D eigenvalue weighted by molar-refractivity contribution is 1.30. The van der Waals surface area contributed by atoms with Crippen LogP contribution in [-0.4, -0.2) is 0 Å². The van der Waals surface area contributed by atoms with E-state index in [9.17, 15) is 0 Å². The Balaban J connectivity index is 1.21. The number of benzene rings is 8. The molecule has 0 saturated heterocycles. The van der Waals surface area contributed by atoms with Crippen LogP contribution in [0.4, 0.5) is 28.4 Å². The van der Waals surface area contributed by atoms with E-state index in [0.29, 0.717) is 0 Å². The van der Waals surface area contributed by atoms with Gasteiger partial charge < -0.3 is 10.2 Å². The molecule has 0 heterocycles. The molecule has 0 radical (unpaired) electrons. The van der Waals surface area contributed by atoms with Crippen molar-refractivity contribution in [1.82, 2.24) is 0 Å². The number of hydrogen-bond donors (Lipinski definition) is 1. The van der Waals surface area contributed by atoms with Gasteiger partial charge in [-0.05, 0) is 75.8 Å². The lowest BCUT2D eigenvalue weighted by atomic mass is 10.0. The lowest BCUT2D eigenvalue weighted by Gasteiger charge is -2.27. The van der Waals surface area contributed by atoms with Crippen LogP contribution in [0.2, 0.25) is 0 Å². The van der Waals surface area contributed by atoms with Gasteiger partial charge in [-0.25, -0.2) is 0 Å². The second kappa shape index (κ2) is 11.1. The van der Waals surface area contributed by atoms with Crippen LogP contribution in [0, 0.1) is 0 Å². The molecule has 1 N–H and O–H groups in total. The van der Waals surface area contributed by atoms with Crippen LogP contribution in [0.25, 0.3) is 43.4 Å². The SMILES string of the molecule is c1ccc(-c2ccc(N(c3ccc(Nc4c5ccccc5cc5ccccc45)cc3)c3cccc4ccccc34)cc2)cc1. The van der Waals surface area contributed by atoms with E-state index in [4.69, 9.17) is 0 Å².